The number of carbonyl (C=O) groups excluding carboxylic acids is 1. The van der Waals surface area contributed by atoms with Gasteiger partial charge in [-0.05, 0) is 12.1 Å². The molecule has 1 amide bonds. The van der Waals surface area contributed by atoms with Gasteiger partial charge in [0, 0.05) is 35.9 Å². The second-order valence-electron chi connectivity index (χ2n) is 4.75. The van der Waals surface area contributed by atoms with Crippen LogP contribution in [0.4, 0.5) is 0 Å². The highest BCUT2D eigenvalue weighted by atomic mass is 16.4. The van der Waals surface area contributed by atoms with Crippen LogP contribution in [0.5, 0.6) is 5.75 Å². The lowest BCUT2D eigenvalue weighted by atomic mass is 10.0. The van der Waals surface area contributed by atoms with E-state index in [1.165, 1.54) is 12.4 Å². The fraction of sp³-hybridized carbons (Fsp3) is 0.0667. The maximum Gasteiger partial charge on any atom is 0.322 e. The third kappa shape index (κ3) is 2.69. The Bertz CT molecular complexity index is 890. The quantitative estimate of drug-likeness (QED) is 0.572. The van der Waals surface area contributed by atoms with E-state index in [0.29, 0.717) is 16.6 Å². The molecule has 0 radical (unpaired) electrons. The van der Waals surface area contributed by atoms with Crippen LogP contribution < -0.4 is 5.32 Å². The fourth-order valence-electron chi connectivity index (χ4n) is 2.27. The minimum Gasteiger partial charge on any atom is -0.506 e. The number of nitrogens with zero attached hydrogens (tertiary/aromatic N) is 2. The van der Waals surface area contributed by atoms with Gasteiger partial charge in [-0.1, -0.05) is 0 Å². The highest BCUT2D eigenvalue weighted by Gasteiger charge is 2.22. The lowest BCUT2D eigenvalue weighted by Crippen LogP contribution is -2.29. The van der Waals surface area contributed by atoms with Crippen molar-refractivity contribution in [1.29, 1.82) is 0 Å². The Kier molecular flexibility index (Phi) is 3.63. The van der Waals surface area contributed by atoms with Crippen LogP contribution in [0, 0.1) is 0 Å². The summed E-state index contributed by atoms with van der Waals surface area (Å²) in [6, 6.07) is 3.35. The van der Waals surface area contributed by atoms with E-state index in [-0.39, 0.29) is 16.8 Å². The van der Waals surface area contributed by atoms with Crippen LogP contribution in [-0.4, -0.2) is 43.6 Å². The molecule has 23 heavy (non-hydrogen) atoms. The number of H-pyrrole nitrogens is 1. The lowest BCUT2D eigenvalue weighted by Gasteiger charge is -2.11. The first-order valence-corrected chi connectivity index (χ1v) is 6.67. The number of amides is 1. The Balaban J connectivity index is 2.19. The van der Waals surface area contributed by atoms with Crippen molar-refractivity contribution in [2.75, 3.05) is 6.54 Å². The fourth-order valence-corrected chi connectivity index (χ4v) is 2.27. The summed E-state index contributed by atoms with van der Waals surface area (Å²) in [4.78, 5) is 34.0. The van der Waals surface area contributed by atoms with E-state index in [1.54, 1.807) is 24.5 Å². The Labute approximate surface area is 129 Å². The van der Waals surface area contributed by atoms with Crippen molar-refractivity contribution >= 4 is 22.9 Å². The highest BCUT2D eigenvalue weighted by molar-refractivity contribution is 6.10. The van der Waals surface area contributed by atoms with Crippen molar-refractivity contribution in [3.63, 3.8) is 0 Å². The van der Waals surface area contributed by atoms with Gasteiger partial charge in [0.15, 0.2) is 0 Å². The number of aromatic amines is 1. The number of phenolic OH excluding ortho intramolecular Hbond substituents is 1. The van der Waals surface area contributed by atoms with Crippen molar-refractivity contribution in [2.24, 2.45) is 0 Å². The zero-order valence-electron chi connectivity index (χ0n) is 11.8. The summed E-state index contributed by atoms with van der Waals surface area (Å²) < 4.78 is 0. The standard InChI is InChI=1S/C15H12N4O4/c20-11(21)7-19-15(23)12-13-10(17-3-4-18-13)5-9(14(12)22)8-1-2-16-6-8/h1-6,16,22H,7H2,(H,19,23)(H,20,21). The minimum atomic E-state index is -1.19. The van der Waals surface area contributed by atoms with Crippen LogP contribution in [0.2, 0.25) is 0 Å². The van der Waals surface area contributed by atoms with Crippen molar-refractivity contribution in [3.8, 4) is 16.9 Å². The Hall–Kier alpha value is -3.42. The summed E-state index contributed by atoms with van der Waals surface area (Å²) in [6.07, 6.45) is 6.21. The number of aromatic hydroxyl groups is 1. The lowest BCUT2D eigenvalue weighted by molar-refractivity contribution is -0.135. The first-order valence-electron chi connectivity index (χ1n) is 6.67. The topological polar surface area (TPSA) is 128 Å². The van der Waals surface area contributed by atoms with Gasteiger partial charge in [-0.15, -0.1) is 0 Å². The smallest absolute Gasteiger partial charge is 0.322 e. The monoisotopic (exact) mass is 312 g/mol. The molecule has 8 heteroatoms. The number of nitrogens with one attached hydrogen (secondary N) is 2. The van der Waals surface area contributed by atoms with Crippen LogP contribution >= 0.6 is 0 Å². The number of fused-ring (bicyclic) bond motifs is 1. The maximum atomic E-state index is 12.3. The number of benzene rings is 1. The summed E-state index contributed by atoms with van der Waals surface area (Å²) in [7, 11) is 0. The summed E-state index contributed by atoms with van der Waals surface area (Å²) in [5.74, 6) is -2.19. The predicted molar refractivity (Wildman–Crippen MR) is 81.0 cm³/mol. The Morgan fingerprint density at radius 3 is 2.74 bits per heavy atom. The molecular formula is C15H12N4O4. The molecule has 8 nitrogen and oxygen atoms in total. The molecule has 0 spiro atoms. The van der Waals surface area contributed by atoms with E-state index in [9.17, 15) is 14.7 Å². The molecule has 3 aromatic rings. The normalized spacial score (nSPS) is 10.6. The average Bonchev–Trinajstić information content (AvgIpc) is 3.06. The third-order valence-electron chi connectivity index (χ3n) is 3.27. The summed E-state index contributed by atoms with van der Waals surface area (Å²) in [5, 5.41) is 21.4. The number of carbonyl (C=O) groups is 2. The molecule has 0 fully saturated rings. The number of rotatable bonds is 4. The van der Waals surface area contributed by atoms with E-state index < -0.39 is 18.4 Å². The maximum absolute atomic E-state index is 12.3. The van der Waals surface area contributed by atoms with Crippen molar-refractivity contribution < 1.29 is 19.8 Å². The molecule has 2 heterocycles. The van der Waals surface area contributed by atoms with Crippen LogP contribution in [0.1, 0.15) is 10.4 Å². The van der Waals surface area contributed by atoms with E-state index >= 15 is 0 Å². The Morgan fingerprint density at radius 1 is 1.26 bits per heavy atom. The van der Waals surface area contributed by atoms with Gasteiger partial charge < -0.3 is 20.5 Å². The second kappa shape index (κ2) is 5.76. The second-order valence-corrected chi connectivity index (χ2v) is 4.75. The van der Waals surface area contributed by atoms with Crippen LogP contribution in [0.3, 0.4) is 0 Å². The molecule has 1 aromatic carbocycles. The summed E-state index contributed by atoms with van der Waals surface area (Å²) in [6.45, 7) is -0.561. The van der Waals surface area contributed by atoms with Crippen molar-refractivity contribution in [3.05, 3.63) is 42.5 Å². The van der Waals surface area contributed by atoms with Gasteiger partial charge in [-0.3, -0.25) is 19.6 Å². The SMILES string of the molecule is O=C(O)CNC(=O)c1c(O)c(-c2cc[nH]c2)cc2nccnc12. The molecule has 3 rings (SSSR count). The molecule has 0 unspecified atom stereocenters. The number of phenols is 1. The van der Waals surface area contributed by atoms with Crippen molar-refractivity contribution in [2.45, 2.75) is 0 Å². The molecule has 0 aliphatic heterocycles. The number of carboxylic acid groups (broad SMARTS) is 1. The van der Waals surface area contributed by atoms with Gasteiger partial charge in [-0.2, -0.15) is 0 Å². The molecule has 4 N–H and O–H groups in total. The molecule has 0 atom stereocenters. The Morgan fingerprint density at radius 2 is 2.04 bits per heavy atom. The minimum absolute atomic E-state index is 0.104. The molecule has 0 saturated heterocycles. The van der Waals surface area contributed by atoms with E-state index in [1.807, 2.05) is 0 Å². The molecule has 0 bridgehead atoms. The molecule has 116 valence electrons. The van der Waals surface area contributed by atoms with Gasteiger partial charge in [-0.25, -0.2) is 0 Å². The van der Waals surface area contributed by atoms with Gasteiger partial charge in [0.1, 0.15) is 23.4 Å². The van der Waals surface area contributed by atoms with Crippen LogP contribution in [-0.2, 0) is 4.79 Å². The van der Waals surface area contributed by atoms with Gasteiger partial charge in [0.05, 0.1) is 5.52 Å². The molecular weight excluding hydrogens is 300 g/mol. The number of hydrogen-bond donors (Lipinski definition) is 4. The number of hydrogen-bond acceptors (Lipinski definition) is 5. The average molecular weight is 312 g/mol. The molecule has 2 aromatic heterocycles. The van der Waals surface area contributed by atoms with E-state index in [0.717, 1.165) is 0 Å². The van der Waals surface area contributed by atoms with Gasteiger partial charge in [0.25, 0.3) is 5.91 Å². The van der Waals surface area contributed by atoms with E-state index in [2.05, 4.69) is 20.3 Å². The van der Waals surface area contributed by atoms with Gasteiger partial charge in [0.2, 0.25) is 0 Å². The third-order valence-corrected chi connectivity index (χ3v) is 3.27. The van der Waals surface area contributed by atoms with Crippen LogP contribution in [0.15, 0.2) is 36.9 Å². The van der Waals surface area contributed by atoms with Crippen molar-refractivity contribution in [1.82, 2.24) is 20.3 Å². The predicted octanol–water partition coefficient (Wildman–Crippen LogP) is 1.14. The molecule has 0 aliphatic carbocycles. The molecule has 0 saturated carbocycles. The zero-order chi connectivity index (χ0) is 16.4. The summed E-state index contributed by atoms with van der Waals surface area (Å²) >= 11 is 0. The molecule has 0 aliphatic rings. The first-order chi connectivity index (χ1) is 11.1. The van der Waals surface area contributed by atoms with Crippen LogP contribution in [0.25, 0.3) is 22.2 Å². The summed E-state index contributed by atoms with van der Waals surface area (Å²) in [5.41, 5.74) is 1.59. The highest BCUT2D eigenvalue weighted by Crippen LogP contribution is 2.36. The van der Waals surface area contributed by atoms with E-state index in [4.69, 9.17) is 5.11 Å². The first kappa shape index (κ1) is 14.5. The number of aromatic nitrogens is 3. The van der Waals surface area contributed by atoms with Gasteiger partial charge >= 0.3 is 5.97 Å². The number of aliphatic carboxylic acids is 1. The number of carboxylic acids is 1. The largest absolute Gasteiger partial charge is 0.506 e. The zero-order valence-corrected chi connectivity index (χ0v) is 11.8.